The number of fused-ring (bicyclic) bond motifs is 1. The maximum absolute atomic E-state index is 14.5. The number of carbonyl (C=O) groups is 3. The number of likely N-dealkylation sites (tertiary alicyclic amines) is 1. The Morgan fingerprint density at radius 3 is 2.46 bits per heavy atom. The number of ether oxygens (including phenoxy) is 1. The summed E-state index contributed by atoms with van der Waals surface area (Å²) in [5.41, 5.74) is 0.576. The molecule has 0 radical (unpaired) electrons. The third kappa shape index (κ3) is 4.28. The minimum Gasteiger partial charge on any atom is -0.481 e. The predicted molar refractivity (Wildman–Crippen MR) is 140 cm³/mol. The van der Waals surface area contributed by atoms with Gasteiger partial charge < -0.3 is 24.7 Å². The van der Waals surface area contributed by atoms with Crippen molar-refractivity contribution >= 4 is 23.5 Å². The van der Waals surface area contributed by atoms with Gasteiger partial charge >= 0.3 is 5.97 Å². The molecule has 3 saturated heterocycles. The normalized spacial score (nSPS) is 30.0. The number of benzene rings is 1. The molecule has 3 aliphatic rings. The molecule has 2 N–H and O–H groups in total. The van der Waals surface area contributed by atoms with E-state index in [1.54, 1.807) is 15.9 Å². The van der Waals surface area contributed by atoms with E-state index in [2.05, 4.69) is 6.58 Å². The number of para-hydroxylation sites is 1. The third-order valence-electron chi connectivity index (χ3n) is 8.78. The molecule has 3 heterocycles. The van der Waals surface area contributed by atoms with Crippen molar-refractivity contribution in [2.24, 2.45) is 11.8 Å². The van der Waals surface area contributed by atoms with Crippen LogP contribution in [0.1, 0.15) is 63.0 Å². The van der Waals surface area contributed by atoms with E-state index in [4.69, 9.17) is 9.84 Å². The van der Waals surface area contributed by atoms with Crippen molar-refractivity contribution in [3.63, 3.8) is 0 Å². The average Bonchev–Trinajstić information content (AvgIpc) is 3.46. The number of carboxylic acids is 1. The van der Waals surface area contributed by atoms with E-state index in [0.717, 1.165) is 29.7 Å². The second kappa shape index (κ2) is 10.6. The molecule has 4 rings (SSSR count). The zero-order chi connectivity index (χ0) is 27.0. The summed E-state index contributed by atoms with van der Waals surface area (Å²) in [5.74, 6) is -3.42. The van der Waals surface area contributed by atoms with Crippen molar-refractivity contribution in [3.8, 4) is 0 Å². The summed E-state index contributed by atoms with van der Waals surface area (Å²) >= 11 is 0. The van der Waals surface area contributed by atoms with Crippen molar-refractivity contribution in [3.05, 3.63) is 42.0 Å². The van der Waals surface area contributed by atoms with Crippen LogP contribution in [0, 0.1) is 25.7 Å². The van der Waals surface area contributed by atoms with Crippen molar-refractivity contribution in [1.29, 1.82) is 0 Å². The molecule has 1 aromatic carbocycles. The number of aliphatic hydroxyl groups is 1. The smallest absolute Gasteiger partial charge is 0.310 e. The summed E-state index contributed by atoms with van der Waals surface area (Å²) < 4.78 is 6.65. The Morgan fingerprint density at radius 1 is 1.19 bits per heavy atom. The first-order valence-electron chi connectivity index (χ1n) is 13.5. The molecule has 0 aliphatic carbocycles. The molecule has 2 unspecified atom stereocenters. The van der Waals surface area contributed by atoms with Crippen LogP contribution < -0.4 is 4.90 Å². The molecule has 1 aromatic rings. The van der Waals surface area contributed by atoms with Gasteiger partial charge in [-0.2, -0.15) is 0 Å². The van der Waals surface area contributed by atoms with Crippen LogP contribution in [-0.4, -0.2) is 69.8 Å². The summed E-state index contributed by atoms with van der Waals surface area (Å²) in [6.45, 7) is 10.4. The second-order valence-electron chi connectivity index (χ2n) is 10.8. The monoisotopic (exact) mass is 512 g/mol. The lowest BCUT2D eigenvalue weighted by Crippen LogP contribution is -2.56. The SMILES string of the molecule is C=CCN(C(=O)C1N(CCCCCCO)C(=O)[C@@H]2[C@@H](C(=O)O)[C@@]3(CC)CCC12O3)c1c(C)cccc1C. The topological polar surface area (TPSA) is 107 Å². The van der Waals surface area contributed by atoms with Crippen LogP contribution in [0.2, 0.25) is 0 Å². The van der Waals surface area contributed by atoms with E-state index >= 15 is 0 Å². The van der Waals surface area contributed by atoms with Gasteiger partial charge in [-0.3, -0.25) is 14.4 Å². The Labute approximate surface area is 219 Å². The predicted octanol–water partition coefficient (Wildman–Crippen LogP) is 3.61. The number of anilines is 1. The number of aliphatic carboxylic acids is 1. The molecule has 5 atom stereocenters. The molecular weight excluding hydrogens is 472 g/mol. The number of hydrogen-bond acceptors (Lipinski definition) is 5. The van der Waals surface area contributed by atoms with Gasteiger partial charge in [-0.15, -0.1) is 6.58 Å². The minimum absolute atomic E-state index is 0.120. The number of aryl methyl sites for hydroxylation is 2. The van der Waals surface area contributed by atoms with Crippen LogP contribution >= 0.6 is 0 Å². The molecule has 3 aliphatic heterocycles. The second-order valence-corrected chi connectivity index (χ2v) is 10.8. The summed E-state index contributed by atoms with van der Waals surface area (Å²) in [6.07, 6.45) is 6.13. The number of aliphatic hydroxyl groups excluding tert-OH is 1. The Hall–Kier alpha value is -2.71. The molecule has 8 heteroatoms. The van der Waals surface area contributed by atoms with Crippen molar-refractivity contribution in [2.45, 2.75) is 83.0 Å². The first-order valence-corrected chi connectivity index (χ1v) is 13.5. The number of unbranched alkanes of at least 4 members (excludes halogenated alkanes) is 3. The van der Waals surface area contributed by atoms with E-state index in [9.17, 15) is 19.5 Å². The fraction of sp³-hybridized carbons (Fsp3) is 0.621. The molecular formula is C29H40N2O6. The highest BCUT2D eigenvalue weighted by Crippen LogP contribution is 2.64. The largest absolute Gasteiger partial charge is 0.481 e. The zero-order valence-electron chi connectivity index (χ0n) is 22.2. The van der Waals surface area contributed by atoms with Crippen molar-refractivity contribution < 1.29 is 29.3 Å². The van der Waals surface area contributed by atoms with Crippen LogP contribution in [0.5, 0.6) is 0 Å². The van der Waals surface area contributed by atoms with Crippen LogP contribution in [-0.2, 0) is 19.1 Å². The van der Waals surface area contributed by atoms with Crippen LogP contribution in [0.15, 0.2) is 30.9 Å². The molecule has 8 nitrogen and oxygen atoms in total. The van der Waals surface area contributed by atoms with E-state index in [-0.39, 0.29) is 25.0 Å². The minimum atomic E-state index is -1.16. The van der Waals surface area contributed by atoms with Crippen molar-refractivity contribution in [1.82, 2.24) is 4.90 Å². The summed E-state index contributed by atoms with van der Waals surface area (Å²) in [6, 6.07) is 4.95. The molecule has 0 aromatic heterocycles. The maximum Gasteiger partial charge on any atom is 0.310 e. The van der Waals surface area contributed by atoms with Gasteiger partial charge in [0.25, 0.3) is 5.91 Å². The number of rotatable bonds is 12. The zero-order valence-corrected chi connectivity index (χ0v) is 22.2. The van der Waals surface area contributed by atoms with E-state index in [1.807, 2.05) is 39.0 Å². The molecule has 202 valence electrons. The quantitative estimate of drug-likeness (QED) is 0.327. The highest BCUT2D eigenvalue weighted by molar-refractivity contribution is 6.05. The number of nitrogens with zero attached hydrogens (tertiary/aromatic N) is 2. The van der Waals surface area contributed by atoms with Crippen LogP contribution in [0.3, 0.4) is 0 Å². The molecule has 2 amide bonds. The Balaban J connectivity index is 1.78. The van der Waals surface area contributed by atoms with E-state index < -0.39 is 35.0 Å². The van der Waals surface area contributed by atoms with Gasteiger partial charge in [0.2, 0.25) is 5.91 Å². The van der Waals surface area contributed by atoms with Gasteiger partial charge in [0.15, 0.2) is 0 Å². The number of carboxylic acid groups (broad SMARTS) is 1. The highest BCUT2D eigenvalue weighted by atomic mass is 16.5. The summed E-state index contributed by atoms with van der Waals surface area (Å²) in [5, 5.41) is 19.4. The standard InChI is InChI=1S/C29H40N2O6/c1-5-16-30(23-19(3)12-11-13-20(23)4)26(34)24-29-15-14-28(6-2,37-29)22(27(35)36)21(29)25(33)31(24)17-9-7-8-10-18-32/h5,11-13,21-22,24,32H,1,6-10,14-18H2,2-4H3,(H,35,36)/t21-,22-,24?,28+,29?/m0/s1. The maximum atomic E-state index is 14.5. The summed E-state index contributed by atoms with van der Waals surface area (Å²) in [7, 11) is 0. The lowest BCUT2D eigenvalue weighted by Gasteiger charge is -2.37. The van der Waals surface area contributed by atoms with Gasteiger partial charge in [-0.1, -0.05) is 44.0 Å². The Bertz CT molecular complexity index is 1050. The molecule has 37 heavy (non-hydrogen) atoms. The number of amides is 2. The fourth-order valence-corrected chi connectivity index (χ4v) is 7.16. The number of hydrogen-bond donors (Lipinski definition) is 2. The van der Waals surface area contributed by atoms with Gasteiger partial charge in [0, 0.05) is 25.4 Å². The first kappa shape index (κ1) is 27.3. The van der Waals surface area contributed by atoms with Crippen LogP contribution in [0.4, 0.5) is 5.69 Å². The fourth-order valence-electron chi connectivity index (χ4n) is 7.16. The van der Waals surface area contributed by atoms with Gasteiger partial charge in [0.1, 0.15) is 17.6 Å². The average molecular weight is 513 g/mol. The lowest BCUT2D eigenvalue weighted by molar-refractivity contribution is -0.155. The lowest BCUT2D eigenvalue weighted by atomic mass is 9.65. The number of carbonyl (C=O) groups excluding carboxylic acids is 2. The Kier molecular flexibility index (Phi) is 7.81. The summed E-state index contributed by atoms with van der Waals surface area (Å²) in [4.78, 5) is 44.3. The Morgan fingerprint density at radius 2 is 1.86 bits per heavy atom. The van der Waals surface area contributed by atoms with Crippen molar-refractivity contribution in [2.75, 3.05) is 24.6 Å². The molecule has 3 fully saturated rings. The van der Waals surface area contributed by atoms with Gasteiger partial charge in [-0.25, -0.2) is 0 Å². The van der Waals surface area contributed by atoms with Gasteiger partial charge in [0.05, 0.1) is 11.5 Å². The molecule has 1 spiro atoms. The van der Waals surface area contributed by atoms with E-state index in [0.29, 0.717) is 38.6 Å². The molecule has 2 bridgehead atoms. The van der Waals surface area contributed by atoms with Crippen LogP contribution in [0.25, 0.3) is 0 Å². The highest BCUT2D eigenvalue weighted by Gasteiger charge is 2.79. The molecule has 0 saturated carbocycles. The van der Waals surface area contributed by atoms with E-state index in [1.165, 1.54) is 0 Å². The third-order valence-corrected chi connectivity index (χ3v) is 8.78. The van der Waals surface area contributed by atoms with Gasteiger partial charge in [-0.05, 0) is 57.1 Å². The first-order chi connectivity index (χ1) is 17.7.